The van der Waals surface area contributed by atoms with Gasteiger partial charge in [-0.3, -0.25) is 9.59 Å². The zero-order chi connectivity index (χ0) is 27.7. The van der Waals surface area contributed by atoms with Gasteiger partial charge in [0.1, 0.15) is 11.5 Å². The van der Waals surface area contributed by atoms with E-state index < -0.39 is 21.8 Å². The van der Waals surface area contributed by atoms with Crippen molar-refractivity contribution in [1.82, 2.24) is 15.0 Å². The molecule has 0 saturated carbocycles. The lowest BCUT2D eigenvalue weighted by Crippen LogP contribution is -2.39. The van der Waals surface area contributed by atoms with Crippen molar-refractivity contribution < 1.29 is 27.2 Å². The van der Waals surface area contributed by atoms with Crippen LogP contribution in [0, 0.1) is 0 Å². The molecule has 0 saturated heterocycles. The molecule has 0 radical (unpaired) electrons. The van der Waals surface area contributed by atoms with Gasteiger partial charge in [-0.25, -0.2) is 13.8 Å². The van der Waals surface area contributed by atoms with Crippen molar-refractivity contribution in [2.75, 3.05) is 20.3 Å². The van der Waals surface area contributed by atoms with E-state index in [4.69, 9.17) is 44.0 Å². The molecule has 10 nitrogen and oxygen atoms in total. The summed E-state index contributed by atoms with van der Waals surface area (Å²) < 4.78 is 38.6. The molecule has 0 aliphatic rings. The Morgan fingerprint density at radius 3 is 2.42 bits per heavy atom. The van der Waals surface area contributed by atoms with Gasteiger partial charge in [0.05, 0.1) is 34.3 Å². The van der Waals surface area contributed by atoms with E-state index in [0.717, 1.165) is 0 Å². The van der Waals surface area contributed by atoms with Gasteiger partial charge in [0, 0.05) is 25.2 Å². The van der Waals surface area contributed by atoms with Crippen LogP contribution < -0.4 is 10.7 Å². The van der Waals surface area contributed by atoms with Crippen LogP contribution in [0.1, 0.15) is 17.1 Å². The molecule has 2 amide bonds. The number of amides is 2. The van der Waals surface area contributed by atoms with E-state index in [9.17, 15) is 18.0 Å². The summed E-state index contributed by atoms with van der Waals surface area (Å²) in [6.45, 7) is 0.270. The SMILES string of the molecule is COCCNC(=O)C(=O)N/N=C/c1ccc(CN(Cc2ccc(Cl)c(Cl)c2)S(=O)(=O)c2ccc(Cl)cc2)o1. The number of sulfonamides is 1. The topological polar surface area (TPSA) is 130 Å². The van der Waals surface area contributed by atoms with Crippen LogP contribution in [0.15, 0.2) is 69.0 Å². The number of nitrogens with zero attached hydrogens (tertiary/aromatic N) is 2. The minimum Gasteiger partial charge on any atom is -0.459 e. The first-order valence-corrected chi connectivity index (χ1v) is 13.6. The van der Waals surface area contributed by atoms with Crippen molar-refractivity contribution in [3.63, 3.8) is 0 Å². The first kappa shape index (κ1) is 29.6. The van der Waals surface area contributed by atoms with Gasteiger partial charge in [-0.15, -0.1) is 0 Å². The van der Waals surface area contributed by atoms with Crippen LogP contribution in [0.4, 0.5) is 0 Å². The van der Waals surface area contributed by atoms with E-state index in [-0.39, 0.29) is 36.9 Å². The number of hydrazone groups is 1. The number of hydrogen-bond donors (Lipinski definition) is 2. The standard InChI is InChI=1S/C24H23Cl3N4O6S/c1-36-11-10-28-23(32)24(33)30-29-13-18-5-6-19(37-18)15-31(14-16-2-9-21(26)22(27)12-16)38(34,35)20-7-3-17(25)4-8-20/h2-9,12-13H,10-11,14-15H2,1H3,(H,28,32)(H,30,33)/b29-13+. The average Bonchev–Trinajstić information content (AvgIpc) is 3.33. The van der Waals surface area contributed by atoms with E-state index in [1.165, 1.54) is 48.0 Å². The van der Waals surface area contributed by atoms with E-state index in [2.05, 4.69) is 15.8 Å². The van der Waals surface area contributed by atoms with Crippen LogP contribution in [-0.4, -0.2) is 51.0 Å². The van der Waals surface area contributed by atoms with E-state index >= 15 is 0 Å². The Balaban J connectivity index is 1.75. The highest BCUT2D eigenvalue weighted by molar-refractivity contribution is 7.89. The third-order valence-electron chi connectivity index (χ3n) is 4.96. The van der Waals surface area contributed by atoms with Gasteiger partial charge in [-0.1, -0.05) is 40.9 Å². The smallest absolute Gasteiger partial charge is 0.329 e. The summed E-state index contributed by atoms with van der Waals surface area (Å²) >= 11 is 18.0. The zero-order valence-electron chi connectivity index (χ0n) is 20.0. The molecule has 14 heteroatoms. The first-order valence-electron chi connectivity index (χ1n) is 11.0. The molecular weight excluding hydrogens is 579 g/mol. The average molecular weight is 602 g/mol. The minimum absolute atomic E-state index is 0.0276. The molecule has 202 valence electrons. The van der Waals surface area contributed by atoms with Gasteiger partial charge in [0.2, 0.25) is 10.0 Å². The first-order chi connectivity index (χ1) is 18.1. The number of carbonyl (C=O) groups is 2. The summed E-state index contributed by atoms with van der Waals surface area (Å²) in [7, 11) is -2.51. The Hall–Kier alpha value is -2.93. The molecule has 0 fully saturated rings. The zero-order valence-corrected chi connectivity index (χ0v) is 23.1. The third-order valence-corrected chi connectivity index (χ3v) is 7.76. The lowest BCUT2D eigenvalue weighted by Gasteiger charge is -2.22. The molecule has 1 heterocycles. The molecule has 2 aromatic carbocycles. The van der Waals surface area contributed by atoms with Crippen molar-refractivity contribution in [3.05, 3.63) is 86.7 Å². The van der Waals surface area contributed by atoms with Gasteiger partial charge in [-0.2, -0.15) is 9.41 Å². The highest BCUT2D eigenvalue weighted by atomic mass is 35.5. The number of carbonyl (C=O) groups excluding carboxylic acids is 2. The maximum Gasteiger partial charge on any atom is 0.329 e. The molecular formula is C24H23Cl3N4O6S. The molecule has 2 N–H and O–H groups in total. The Bertz CT molecular complexity index is 1410. The molecule has 0 bridgehead atoms. The molecule has 0 unspecified atom stereocenters. The van der Waals surface area contributed by atoms with E-state index in [1.54, 1.807) is 24.3 Å². The second kappa shape index (κ2) is 13.7. The van der Waals surface area contributed by atoms with E-state index in [0.29, 0.717) is 26.4 Å². The van der Waals surface area contributed by atoms with Gasteiger partial charge >= 0.3 is 11.8 Å². The fourth-order valence-electron chi connectivity index (χ4n) is 3.10. The number of nitrogens with one attached hydrogen (secondary N) is 2. The number of ether oxygens (including phenoxy) is 1. The number of halogens is 3. The third kappa shape index (κ3) is 8.29. The number of benzene rings is 2. The molecule has 0 spiro atoms. The second-order valence-electron chi connectivity index (χ2n) is 7.73. The van der Waals surface area contributed by atoms with Crippen LogP contribution >= 0.6 is 34.8 Å². The Labute approximate surface area is 234 Å². The van der Waals surface area contributed by atoms with Gasteiger partial charge < -0.3 is 14.5 Å². The molecule has 38 heavy (non-hydrogen) atoms. The Morgan fingerprint density at radius 2 is 1.74 bits per heavy atom. The fraction of sp³-hybridized carbons (Fsp3) is 0.208. The molecule has 0 aliphatic heterocycles. The molecule has 3 rings (SSSR count). The van der Waals surface area contributed by atoms with Crippen molar-refractivity contribution in [3.8, 4) is 0 Å². The van der Waals surface area contributed by atoms with Crippen LogP contribution in [0.3, 0.4) is 0 Å². The van der Waals surface area contributed by atoms with E-state index in [1.807, 2.05) is 0 Å². The van der Waals surface area contributed by atoms with Crippen LogP contribution in [0.5, 0.6) is 0 Å². The van der Waals surface area contributed by atoms with Gasteiger partial charge in [-0.05, 0) is 54.1 Å². The number of hydrogen-bond acceptors (Lipinski definition) is 7. The van der Waals surface area contributed by atoms with Crippen LogP contribution in [-0.2, 0) is 37.4 Å². The van der Waals surface area contributed by atoms with Crippen LogP contribution in [0.2, 0.25) is 15.1 Å². The summed E-state index contributed by atoms with van der Waals surface area (Å²) in [6.07, 6.45) is 1.18. The predicted molar refractivity (Wildman–Crippen MR) is 144 cm³/mol. The molecule has 0 atom stereocenters. The number of rotatable bonds is 11. The summed E-state index contributed by atoms with van der Waals surface area (Å²) in [5, 5.41) is 7.08. The maximum absolute atomic E-state index is 13.5. The fourth-order valence-corrected chi connectivity index (χ4v) is 4.94. The summed E-state index contributed by atoms with van der Waals surface area (Å²) in [5.74, 6) is -1.32. The van der Waals surface area contributed by atoms with Crippen molar-refractivity contribution in [1.29, 1.82) is 0 Å². The predicted octanol–water partition coefficient (Wildman–Crippen LogP) is 3.84. The second-order valence-corrected chi connectivity index (χ2v) is 10.9. The highest BCUT2D eigenvalue weighted by Crippen LogP contribution is 2.27. The monoisotopic (exact) mass is 600 g/mol. The Kier molecular flexibility index (Phi) is 10.7. The van der Waals surface area contributed by atoms with Crippen LogP contribution in [0.25, 0.3) is 0 Å². The van der Waals surface area contributed by atoms with Crippen molar-refractivity contribution in [2.45, 2.75) is 18.0 Å². The normalized spacial score (nSPS) is 11.7. The molecule has 1 aromatic heterocycles. The largest absolute Gasteiger partial charge is 0.459 e. The lowest BCUT2D eigenvalue weighted by atomic mass is 10.2. The van der Waals surface area contributed by atoms with Gasteiger partial charge in [0.25, 0.3) is 0 Å². The summed E-state index contributed by atoms with van der Waals surface area (Å²) in [5.41, 5.74) is 2.69. The quantitative estimate of drug-likeness (QED) is 0.149. The summed E-state index contributed by atoms with van der Waals surface area (Å²) in [6, 6.07) is 13.7. The Morgan fingerprint density at radius 1 is 1.00 bits per heavy atom. The maximum atomic E-state index is 13.5. The summed E-state index contributed by atoms with van der Waals surface area (Å²) in [4.78, 5) is 23.4. The minimum atomic E-state index is -3.98. The number of methoxy groups -OCH3 is 1. The van der Waals surface area contributed by atoms with Gasteiger partial charge in [0.15, 0.2) is 0 Å². The molecule has 0 aliphatic carbocycles. The van der Waals surface area contributed by atoms with Crippen molar-refractivity contribution >= 4 is 62.9 Å². The number of furan rings is 1. The van der Waals surface area contributed by atoms with Crippen molar-refractivity contribution in [2.24, 2.45) is 5.10 Å². The highest BCUT2D eigenvalue weighted by Gasteiger charge is 2.26. The lowest BCUT2D eigenvalue weighted by molar-refractivity contribution is -0.139. The molecule has 3 aromatic rings.